The molecule has 6 nitrogen and oxygen atoms in total. The summed E-state index contributed by atoms with van der Waals surface area (Å²) in [6.45, 7) is 2.42. The van der Waals surface area contributed by atoms with Gasteiger partial charge in [0.25, 0.3) is 5.91 Å². The zero-order chi connectivity index (χ0) is 16.1. The Morgan fingerprint density at radius 3 is 2.82 bits per heavy atom. The van der Waals surface area contributed by atoms with Crippen molar-refractivity contribution in [3.8, 4) is 5.69 Å². The third-order valence-corrected chi connectivity index (χ3v) is 3.40. The molecule has 0 bridgehead atoms. The van der Waals surface area contributed by atoms with E-state index in [9.17, 15) is 9.59 Å². The van der Waals surface area contributed by atoms with Crippen LogP contribution < -0.4 is 0 Å². The zero-order valence-corrected chi connectivity index (χ0v) is 12.8. The molecule has 2 aromatic rings. The van der Waals surface area contributed by atoms with Crippen molar-refractivity contribution in [1.29, 1.82) is 0 Å². The van der Waals surface area contributed by atoms with Crippen LogP contribution in [0.4, 0.5) is 0 Å². The molecular weight excluding hydrogens is 306 g/mol. The van der Waals surface area contributed by atoms with Crippen LogP contribution in [0.5, 0.6) is 0 Å². The normalized spacial score (nSPS) is 10.5. The summed E-state index contributed by atoms with van der Waals surface area (Å²) in [4.78, 5) is 24.5. The Kier molecular flexibility index (Phi) is 5.16. The number of rotatable bonds is 6. The number of carboxylic acids is 1. The summed E-state index contributed by atoms with van der Waals surface area (Å²) in [5.41, 5.74) is 1.16. The van der Waals surface area contributed by atoms with Gasteiger partial charge in [0.05, 0.1) is 23.9 Å². The molecular formula is C15H16ClN3O3. The molecule has 7 heteroatoms. The molecule has 1 amide bonds. The van der Waals surface area contributed by atoms with Crippen LogP contribution in [0.2, 0.25) is 5.02 Å². The van der Waals surface area contributed by atoms with Crippen molar-refractivity contribution in [3.05, 3.63) is 47.2 Å². The van der Waals surface area contributed by atoms with Gasteiger partial charge < -0.3 is 10.0 Å². The maximum atomic E-state index is 12.4. The molecule has 0 aliphatic heterocycles. The Hall–Kier alpha value is -2.34. The van der Waals surface area contributed by atoms with Gasteiger partial charge in [0.1, 0.15) is 0 Å². The Balaban J connectivity index is 2.16. The van der Waals surface area contributed by atoms with Crippen molar-refractivity contribution in [2.24, 2.45) is 0 Å². The molecule has 1 N–H and O–H groups in total. The van der Waals surface area contributed by atoms with Gasteiger partial charge in [-0.3, -0.25) is 9.59 Å². The molecule has 116 valence electrons. The van der Waals surface area contributed by atoms with E-state index in [4.69, 9.17) is 16.7 Å². The predicted molar refractivity (Wildman–Crippen MR) is 82.4 cm³/mol. The number of halogens is 1. The van der Waals surface area contributed by atoms with Crippen molar-refractivity contribution >= 4 is 23.5 Å². The third-order valence-electron chi connectivity index (χ3n) is 3.17. The number of aliphatic carboxylic acids is 1. The summed E-state index contributed by atoms with van der Waals surface area (Å²) in [5.74, 6) is -1.17. The number of aromatic nitrogens is 2. The maximum Gasteiger partial charge on any atom is 0.305 e. The zero-order valence-electron chi connectivity index (χ0n) is 12.1. The van der Waals surface area contributed by atoms with Crippen LogP contribution in [-0.2, 0) is 4.79 Å². The first-order chi connectivity index (χ1) is 10.5. The molecule has 0 aliphatic rings. The molecule has 0 unspecified atom stereocenters. The van der Waals surface area contributed by atoms with Gasteiger partial charge >= 0.3 is 5.97 Å². The molecule has 1 heterocycles. The average molecular weight is 322 g/mol. The number of nitrogens with zero attached hydrogens (tertiary/aromatic N) is 3. The van der Waals surface area contributed by atoms with Crippen LogP contribution in [0.25, 0.3) is 5.69 Å². The fraction of sp³-hybridized carbons (Fsp3) is 0.267. The van der Waals surface area contributed by atoms with Crippen LogP contribution in [0, 0.1) is 0 Å². The van der Waals surface area contributed by atoms with Gasteiger partial charge in [0, 0.05) is 24.3 Å². The smallest absolute Gasteiger partial charge is 0.305 e. The van der Waals surface area contributed by atoms with Crippen molar-refractivity contribution < 1.29 is 14.7 Å². The highest BCUT2D eigenvalue weighted by atomic mass is 35.5. The van der Waals surface area contributed by atoms with E-state index in [0.29, 0.717) is 17.1 Å². The van der Waals surface area contributed by atoms with Gasteiger partial charge in [-0.2, -0.15) is 5.10 Å². The molecule has 0 radical (unpaired) electrons. The van der Waals surface area contributed by atoms with Gasteiger partial charge in [-0.05, 0) is 25.1 Å². The Morgan fingerprint density at radius 2 is 2.18 bits per heavy atom. The van der Waals surface area contributed by atoms with Gasteiger partial charge in [0.15, 0.2) is 0 Å². The summed E-state index contributed by atoms with van der Waals surface area (Å²) in [6.07, 6.45) is 2.99. The first kappa shape index (κ1) is 16.0. The highest BCUT2D eigenvalue weighted by Crippen LogP contribution is 2.15. The van der Waals surface area contributed by atoms with E-state index in [1.54, 1.807) is 36.0 Å². The van der Waals surface area contributed by atoms with Crippen LogP contribution in [-0.4, -0.2) is 44.8 Å². The summed E-state index contributed by atoms with van der Waals surface area (Å²) in [6, 6.07) is 7.12. The lowest BCUT2D eigenvalue weighted by Gasteiger charge is -2.18. The minimum Gasteiger partial charge on any atom is -0.481 e. The van der Waals surface area contributed by atoms with Crippen LogP contribution in [0.3, 0.4) is 0 Å². The lowest BCUT2D eigenvalue weighted by molar-refractivity contribution is -0.137. The Labute approximate surface area is 132 Å². The van der Waals surface area contributed by atoms with Gasteiger partial charge in [-0.1, -0.05) is 17.7 Å². The number of carbonyl (C=O) groups is 2. The number of hydrogen-bond acceptors (Lipinski definition) is 3. The first-order valence-electron chi connectivity index (χ1n) is 6.83. The quantitative estimate of drug-likeness (QED) is 0.886. The lowest BCUT2D eigenvalue weighted by atomic mass is 10.2. The van der Waals surface area contributed by atoms with E-state index in [1.165, 1.54) is 11.1 Å². The second-order valence-electron chi connectivity index (χ2n) is 4.68. The van der Waals surface area contributed by atoms with Crippen LogP contribution in [0.15, 0.2) is 36.7 Å². The summed E-state index contributed by atoms with van der Waals surface area (Å²) in [7, 11) is 0. The second-order valence-corrected chi connectivity index (χ2v) is 5.12. The number of carbonyl (C=O) groups excluding carboxylic acids is 1. The van der Waals surface area contributed by atoms with E-state index in [-0.39, 0.29) is 18.9 Å². The average Bonchev–Trinajstić information content (AvgIpc) is 2.97. The number of hydrogen-bond donors (Lipinski definition) is 1. The van der Waals surface area contributed by atoms with Crippen molar-refractivity contribution in [2.75, 3.05) is 13.1 Å². The molecule has 22 heavy (non-hydrogen) atoms. The topological polar surface area (TPSA) is 75.4 Å². The summed E-state index contributed by atoms with van der Waals surface area (Å²) in [5, 5.41) is 13.5. The van der Waals surface area contributed by atoms with E-state index in [2.05, 4.69) is 5.10 Å². The monoisotopic (exact) mass is 321 g/mol. The van der Waals surface area contributed by atoms with Gasteiger partial charge in [0.2, 0.25) is 0 Å². The van der Waals surface area contributed by atoms with Crippen molar-refractivity contribution in [2.45, 2.75) is 13.3 Å². The number of carboxylic acid groups (broad SMARTS) is 1. The van der Waals surface area contributed by atoms with Gasteiger partial charge in [-0.15, -0.1) is 0 Å². The fourth-order valence-electron chi connectivity index (χ4n) is 2.01. The van der Waals surface area contributed by atoms with Crippen molar-refractivity contribution in [3.63, 3.8) is 0 Å². The van der Waals surface area contributed by atoms with E-state index in [0.717, 1.165) is 5.69 Å². The highest BCUT2D eigenvalue weighted by Gasteiger charge is 2.17. The Morgan fingerprint density at radius 1 is 1.41 bits per heavy atom. The SMILES string of the molecule is CCN(CCC(=O)O)C(=O)c1cnn(-c2cccc(Cl)c2)c1. The van der Waals surface area contributed by atoms with E-state index < -0.39 is 5.97 Å². The minimum atomic E-state index is -0.930. The number of benzene rings is 1. The molecule has 0 spiro atoms. The van der Waals surface area contributed by atoms with Crippen molar-refractivity contribution in [1.82, 2.24) is 14.7 Å². The number of amides is 1. The molecule has 1 aromatic heterocycles. The van der Waals surface area contributed by atoms with E-state index in [1.807, 2.05) is 6.07 Å². The maximum absolute atomic E-state index is 12.4. The molecule has 0 atom stereocenters. The second kappa shape index (κ2) is 7.09. The first-order valence-corrected chi connectivity index (χ1v) is 7.20. The standard InChI is InChI=1S/C15H16ClN3O3/c1-2-18(7-6-14(20)21)15(22)11-9-17-19(10-11)13-5-3-4-12(16)8-13/h3-5,8-10H,2,6-7H2,1H3,(H,20,21). The summed E-state index contributed by atoms with van der Waals surface area (Å²) >= 11 is 5.94. The summed E-state index contributed by atoms with van der Waals surface area (Å²) < 4.78 is 1.56. The molecule has 1 aromatic carbocycles. The molecule has 0 saturated heterocycles. The van der Waals surface area contributed by atoms with Crippen LogP contribution >= 0.6 is 11.6 Å². The molecule has 0 fully saturated rings. The largest absolute Gasteiger partial charge is 0.481 e. The van der Waals surface area contributed by atoms with E-state index >= 15 is 0 Å². The third kappa shape index (κ3) is 3.85. The lowest BCUT2D eigenvalue weighted by Crippen LogP contribution is -2.32. The van der Waals surface area contributed by atoms with Crippen LogP contribution in [0.1, 0.15) is 23.7 Å². The van der Waals surface area contributed by atoms with Gasteiger partial charge in [-0.25, -0.2) is 4.68 Å². The highest BCUT2D eigenvalue weighted by molar-refractivity contribution is 6.30. The molecule has 0 aliphatic carbocycles. The fourth-order valence-corrected chi connectivity index (χ4v) is 2.19. The Bertz CT molecular complexity index is 684. The predicted octanol–water partition coefficient (Wildman–Crippen LogP) is 2.46. The molecule has 2 rings (SSSR count). The molecule has 0 saturated carbocycles. The minimum absolute atomic E-state index is 0.0813.